The van der Waals surface area contributed by atoms with Crippen LogP contribution in [-0.2, 0) is 29.2 Å². The maximum absolute atomic E-state index is 14.2. The van der Waals surface area contributed by atoms with Crippen LogP contribution in [0.2, 0.25) is 5.02 Å². The zero-order valence-electron chi connectivity index (χ0n) is 14.4. The predicted molar refractivity (Wildman–Crippen MR) is 102 cm³/mol. The van der Waals surface area contributed by atoms with Crippen molar-refractivity contribution in [3.63, 3.8) is 0 Å². The van der Waals surface area contributed by atoms with Crippen molar-refractivity contribution in [2.75, 3.05) is 6.26 Å². The first-order valence-electron chi connectivity index (χ1n) is 8.62. The molecule has 1 heterocycles. The van der Waals surface area contributed by atoms with Gasteiger partial charge >= 0.3 is 0 Å². The molecule has 0 bridgehead atoms. The Bertz CT molecular complexity index is 1100. The number of nitrogens with zero attached hydrogens (tertiary/aromatic N) is 1. The average molecular weight is 392 g/mol. The third kappa shape index (κ3) is 3.03. The van der Waals surface area contributed by atoms with Gasteiger partial charge in [-0.05, 0) is 61.1 Å². The summed E-state index contributed by atoms with van der Waals surface area (Å²) >= 11 is 5.98. The minimum absolute atomic E-state index is 0.0656. The van der Waals surface area contributed by atoms with Crippen LogP contribution in [-0.4, -0.2) is 19.2 Å². The van der Waals surface area contributed by atoms with Crippen LogP contribution >= 0.6 is 11.6 Å². The summed E-state index contributed by atoms with van der Waals surface area (Å²) in [7, 11) is -3.55. The third-order valence-corrected chi connectivity index (χ3v) is 6.41. The van der Waals surface area contributed by atoms with E-state index in [2.05, 4.69) is 4.57 Å². The molecular formula is C20H19ClFNO2S. The summed E-state index contributed by atoms with van der Waals surface area (Å²) in [5, 5.41) is 1.39. The fourth-order valence-corrected chi connectivity index (χ4v) is 4.95. The van der Waals surface area contributed by atoms with Crippen molar-refractivity contribution < 1.29 is 12.8 Å². The Hall–Kier alpha value is -1.85. The first kappa shape index (κ1) is 17.6. The fourth-order valence-electron chi connectivity index (χ4n) is 3.92. The summed E-state index contributed by atoms with van der Waals surface area (Å²) < 4.78 is 41.0. The standard InChI is InChI=1S/C20H19ClFNO2S/c1-26(24,25)19-11-15(22)10-17-16-4-2-3-5-18(16)23(20(17)19)12-13-6-8-14(21)9-7-13/h6-11H,2-5,12H2,1H3. The molecule has 0 atom stereocenters. The number of hydrogen-bond donors (Lipinski definition) is 0. The topological polar surface area (TPSA) is 39.1 Å². The van der Waals surface area contributed by atoms with E-state index in [9.17, 15) is 12.8 Å². The van der Waals surface area contributed by atoms with Gasteiger partial charge in [0.1, 0.15) is 5.82 Å². The minimum atomic E-state index is -3.55. The number of sulfone groups is 1. The van der Waals surface area contributed by atoms with Crippen molar-refractivity contribution in [2.24, 2.45) is 0 Å². The molecule has 2 aromatic carbocycles. The quantitative estimate of drug-likeness (QED) is 0.645. The van der Waals surface area contributed by atoms with Crippen molar-refractivity contribution in [3.05, 3.63) is 64.1 Å². The molecule has 4 rings (SSSR count). The zero-order valence-corrected chi connectivity index (χ0v) is 16.0. The molecule has 0 saturated carbocycles. The highest BCUT2D eigenvalue weighted by Crippen LogP contribution is 2.36. The lowest BCUT2D eigenvalue weighted by molar-refractivity contribution is 0.596. The van der Waals surface area contributed by atoms with Crippen LogP contribution in [0.4, 0.5) is 4.39 Å². The molecule has 3 aromatic rings. The molecule has 136 valence electrons. The van der Waals surface area contributed by atoms with E-state index in [0.717, 1.165) is 60.2 Å². The number of hydrogen-bond acceptors (Lipinski definition) is 2. The molecule has 26 heavy (non-hydrogen) atoms. The van der Waals surface area contributed by atoms with E-state index in [4.69, 9.17) is 11.6 Å². The number of rotatable bonds is 3. The van der Waals surface area contributed by atoms with Crippen LogP contribution in [0, 0.1) is 5.82 Å². The monoisotopic (exact) mass is 391 g/mol. The van der Waals surface area contributed by atoms with Crippen LogP contribution in [0.1, 0.15) is 29.7 Å². The minimum Gasteiger partial charge on any atom is -0.339 e. The summed E-state index contributed by atoms with van der Waals surface area (Å²) in [6.07, 6.45) is 4.97. The normalized spacial score (nSPS) is 14.6. The van der Waals surface area contributed by atoms with Crippen LogP contribution in [0.25, 0.3) is 10.9 Å². The molecule has 0 unspecified atom stereocenters. The predicted octanol–water partition coefficient (Wildman–Crippen LogP) is 4.76. The van der Waals surface area contributed by atoms with Gasteiger partial charge in [-0.15, -0.1) is 0 Å². The van der Waals surface area contributed by atoms with E-state index in [1.165, 1.54) is 6.07 Å². The molecule has 3 nitrogen and oxygen atoms in total. The van der Waals surface area contributed by atoms with Gasteiger partial charge in [0.2, 0.25) is 0 Å². The first-order chi connectivity index (χ1) is 12.3. The second-order valence-corrected chi connectivity index (χ2v) is 9.34. The maximum atomic E-state index is 14.2. The number of fused-ring (bicyclic) bond motifs is 3. The molecule has 0 aliphatic heterocycles. The van der Waals surface area contributed by atoms with Crippen LogP contribution in [0.3, 0.4) is 0 Å². The highest BCUT2D eigenvalue weighted by molar-refractivity contribution is 7.91. The average Bonchev–Trinajstić information content (AvgIpc) is 2.89. The van der Waals surface area contributed by atoms with Crippen molar-refractivity contribution >= 4 is 32.3 Å². The first-order valence-corrected chi connectivity index (χ1v) is 10.9. The fraction of sp³-hybridized carbons (Fsp3) is 0.300. The van der Waals surface area contributed by atoms with Crippen LogP contribution < -0.4 is 0 Å². The van der Waals surface area contributed by atoms with Crippen molar-refractivity contribution in [1.82, 2.24) is 4.57 Å². The van der Waals surface area contributed by atoms with E-state index in [-0.39, 0.29) is 4.90 Å². The highest BCUT2D eigenvalue weighted by Gasteiger charge is 2.25. The van der Waals surface area contributed by atoms with Crippen molar-refractivity contribution in [2.45, 2.75) is 37.1 Å². The lowest BCUT2D eigenvalue weighted by Crippen LogP contribution is -2.10. The molecule has 0 radical (unpaired) electrons. The second kappa shape index (κ2) is 6.39. The van der Waals surface area contributed by atoms with Gasteiger partial charge in [-0.3, -0.25) is 0 Å². The van der Waals surface area contributed by atoms with Gasteiger partial charge in [0.05, 0.1) is 10.4 Å². The summed E-state index contributed by atoms with van der Waals surface area (Å²) in [4.78, 5) is 0.0656. The van der Waals surface area contributed by atoms with Gasteiger partial charge in [0.25, 0.3) is 0 Å². The Balaban J connectivity index is 2.02. The van der Waals surface area contributed by atoms with Gasteiger partial charge in [-0.2, -0.15) is 0 Å². The Morgan fingerprint density at radius 3 is 2.50 bits per heavy atom. The highest BCUT2D eigenvalue weighted by atomic mass is 35.5. The third-order valence-electron chi connectivity index (χ3n) is 5.05. The number of aromatic nitrogens is 1. The number of benzene rings is 2. The molecule has 0 saturated heterocycles. The van der Waals surface area contributed by atoms with E-state index in [1.807, 2.05) is 24.3 Å². The summed E-state index contributed by atoms with van der Waals surface area (Å²) in [5.74, 6) is -0.505. The second-order valence-electron chi connectivity index (χ2n) is 6.92. The zero-order chi connectivity index (χ0) is 18.5. The lowest BCUT2D eigenvalue weighted by atomic mass is 9.95. The molecule has 6 heteroatoms. The molecule has 1 aliphatic rings. The molecule has 0 amide bonds. The molecule has 0 spiro atoms. The van der Waals surface area contributed by atoms with Gasteiger partial charge in [-0.25, -0.2) is 12.8 Å². The largest absolute Gasteiger partial charge is 0.339 e. The number of aryl methyl sites for hydroxylation is 1. The Labute approximate surface area is 157 Å². The number of halogens is 2. The van der Waals surface area contributed by atoms with Crippen molar-refractivity contribution in [1.29, 1.82) is 0 Å². The molecule has 1 aromatic heterocycles. The summed E-state index contributed by atoms with van der Waals surface area (Å²) in [6, 6.07) is 10.1. The molecule has 0 fully saturated rings. The van der Waals surface area contributed by atoms with E-state index < -0.39 is 15.7 Å². The SMILES string of the molecule is CS(=O)(=O)c1cc(F)cc2c3c(n(Cc4ccc(Cl)cc4)c12)CCCC3. The Morgan fingerprint density at radius 2 is 1.81 bits per heavy atom. The Morgan fingerprint density at radius 1 is 1.12 bits per heavy atom. The van der Waals surface area contributed by atoms with Crippen LogP contribution in [0.15, 0.2) is 41.3 Å². The van der Waals surface area contributed by atoms with E-state index in [1.54, 1.807) is 0 Å². The smallest absolute Gasteiger partial charge is 0.177 e. The molecular weight excluding hydrogens is 373 g/mol. The van der Waals surface area contributed by atoms with Gasteiger partial charge in [0, 0.05) is 28.9 Å². The van der Waals surface area contributed by atoms with Gasteiger partial charge in [0.15, 0.2) is 9.84 Å². The summed E-state index contributed by atoms with van der Waals surface area (Å²) in [5.41, 5.74) is 3.86. The van der Waals surface area contributed by atoms with Crippen LogP contribution in [0.5, 0.6) is 0 Å². The summed E-state index contributed by atoms with van der Waals surface area (Å²) in [6.45, 7) is 0.539. The molecule has 1 aliphatic carbocycles. The molecule has 0 N–H and O–H groups in total. The van der Waals surface area contributed by atoms with Crippen molar-refractivity contribution in [3.8, 4) is 0 Å². The van der Waals surface area contributed by atoms with E-state index >= 15 is 0 Å². The maximum Gasteiger partial charge on any atom is 0.177 e. The lowest BCUT2D eigenvalue weighted by Gasteiger charge is -2.16. The van der Waals surface area contributed by atoms with E-state index in [0.29, 0.717) is 17.1 Å². The van der Waals surface area contributed by atoms with Gasteiger partial charge < -0.3 is 4.57 Å². The Kier molecular flexibility index (Phi) is 4.32. The van der Waals surface area contributed by atoms with Gasteiger partial charge in [-0.1, -0.05) is 23.7 Å².